The molecule has 108 valence electrons. The number of carbonyl (C=O) groups is 1. The van der Waals surface area contributed by atoms with Crippen LogP contribution in [0, 0.1) is 5.92 Å². The maximum absolute atomic E-state index is 11.3. The second-order valence-electron chi connectivity index (χ2n) is 5.17. The summed E-state index contributed by atoms with van der Waals surface area (Å²) >= 11 is 5.42. The van der Waals surface area contributed by atoms with Crippen molar-refractivity contribution in [2.45, 2.75) is 26.2 Å². The smallest absolute Gasteiger partial charge is 0.222 e. The summed E-state index contributed by atoms with van der Waals surface area (Å²) in [6.45, 7) is 3.63. The number of primary amides is 1. The van der Waals surface area contributed by atoms with Gasteiger partial charge in [0.15, 0.2) is 5.11 Å². The van der Waals surface area contributed by atoms with Gasteiger partial charge in [-0.1, -0.05) is 19.1 Å². The summed E-state index contributed by atoms with van der Waals surface area (Å²) in [6, 6.07) is 8.24. The van der Waals surface area contributed by atoms with Gasteiger partial charge in [-0.05, 0) is 49.2 Å². The number of carbonyl (C=O) groups excluding carboxylic acids is 1. The number of benzene rings is 1. The fourth-order valence-electron chi connectivity index (χ4n) is 2.42. The number of amides is 1. The number of nitrogens with one attached hydrogen (secondary N) is 1. The molecule has 1 atom stereocenters. The lowest BCUT2D eigenvalue weighted by molar-refractivity contribution is -0.122. The molecule has 1 aliphatic rings. The standard InChI is InChI=1S/C15H21N3OS/c1-2-11-5-7-13(8-6-11)17-15(20)18-9-3-4-12(10-18)14(16)19/h5-8,12H,2-4,9-10H2,1H3,(H2,16,19)(H,17,20)/t12-/m0/s1. The molecule has 0 radical (unpaired) electrons. The van der Waals surface area contributed by atoms with Crippen molar-refractivity contribution in [2.75, 3.05) is 18.4 Å². The first-order valence-electron chi connectivity index (χ1n) is 7.04. The number of aryl methyl sites for hydroxylation is 1. The average molecular weight is 291 g/mol. The van der Waals surface area contributed by atoms with E-state index in [1.165, 1.54) is 5.56 Å². The summed E-state index contributed by atoms with van der Waals surface area (Å²) in [6.07, 6.45) is 2.83. The fourth-order valence-corrected chi connectivity index (χ4v) is 2.70. The molecule has 1 amide bonds. The molecular weight excluding hydrogens is 270 g/mol. The summed E-state index contributed by atoms with van der Waals surface area (Å²) in [5, 5.41) is 3.89. The Morgan fingerprint density at radius 3 is 2.75 bits per heavy atom. The van der Waals surface area contributed by atoms with Crippen molar-refractivity contribution in [2.24, 2.45) is 11.7 Å². The van der Waals surface area contributed by atoms with Crippen LogP contribution < -0.4 is 11.1 Å². The van der Waals surface area contributed by atoms with E-state index in [0.29, 0.717) is 11.7 Å². The minimum absolute atomic E-state index is 0.0917. The minimum atomic E-state index is -0.232. The van der Waals surface area contributed by atoms with Crippen molar-refractivity contribution in [1.29, 1.82) is 0 Å². The van der Waals surface area contributed by atoms with Crippen LogP contribution in [0.25, 0.3) is 0 Å². The van der Waals surface area contributed by atoms with Gasteiger partial charge in [0.2, 0.25) is 5.91 Å². The lowest BCUT2D eigenvalue weighted by atomic mass is 9.98. The van der Waals surface area contributed by atoms with Crippen molar-refractivity contribution >= 4 is 28.9 Å². The molecule has 1 aromatic carbocycles. The molecular formula is C15H21N3OS. The largest absolute Gasteiger partial charge is 0.369 e. The van der Waals surface area contributed by atoms with E-state index in [1.54, 1.807) is 0 Å². The number of rotatable bonds is 3. The molecule has 20 heavy (non-hydrogen) atoms. The Kier molecular flexibility index (Phi) is 4.95. The van der Waals surface area contributed by atoms with Crippen molar-refractivity contribution < 1.29 is 4.79 Å². The van der Waals surface area contributed by atoms with Gasteiger partial charge in [-0.2, -0.15) is 0 Å². The molecule has 2 rings (SSSR count). The molecule has 4 nitrogen and oxygen atoms in total. The molecule has 5 heteroatoms. The maximum Gasteiger partial charge on any atom is 0.222 e. The van der Waals surface area contributed by atoms with Crippen LogP contribution in [0.4, 0.5) is 5.69 Å². The van der Waals surface area contributed by atoms with Gasteiger partial charge in [-0.25, -0.2) is 0 Å². The average Bonchev–Trinajstić information content (AvgIpc) is 2.48. The summed E-state index contributed by atoms with van der Waals surface area (Å²) < 4.78 is 0. The third kappa shape index (κ3) is 3.70. The fraction of sp³-hybridized carbons (Fsp3) is 0.467. The van der Waals surface area contributed by atoms with Crippen LogP contribution in [0.1, 0.15) is 25.3 Å². The van der Waals surface area contributed by atoms with Crippen LogP contribution in [0.2, 0.25) is 0 Å². The van der Waals surface area contributed by atoms with E-state index in [4.69, 9.17) is 18.0 Å². The quantitative estimate of drug-likeness (QED) is 0.838. The molecule has 1 aliphatic heterocycles. The number of anilines is 1. The Morgan fingerprint density at radius 2 is 2.15 bits per heavy atom. The lowest BCUT2D eigenvalue weighted by Crippen LogP contribution is -2.45. The molecule has 0 saturated carbocycles. The van der Waals surface area contributed by atoms with Crippen molar-refractivity contribution in [3.05, 3.63) is 29.8 Å². The normalized spacial score (nSPS) is 18.6. The number of nitrogens with zero attached hydrogens (tertiary/aromatic N) is 1. The van der Waals surface area contributed by atoms with Crippen LogP contribution in [-0.2, 0) is 11.2 Å². The van der Waals surface area contributed by atoms with Gasteiger partial charge in [0, 0.05) is 18.8 Å². The van der Waals surface area contributed by atoms with Crippen LogP contribution in [0.3, 0.4) is 0 Å². The second kappa shape index (κ2) is 6.70. The van der Waals surface area contributed by atoms with Gasteiger partial charge in [0.05, 0.1) is 5.92 Å². The highest BCUT2D eigenvalue weighted by molar-refractivity contribution is 7.80. The molecule has 0 spiro atoms. The monoisotopic (exact) mass is 291 g/mol. The Labute approximate surface area is 125 Å². The topological polar surface area (TPSA) is 58.4 Å². The van der Waals surface area contributed by atoms with E-state index in [2.05, 4.69) is 24.4 Å². The van der Waals surface area contributed by atoms with Gasteiger partial charge in [-0.15, -0.1) is 0 Å². The van der Waals surface area contributed by atoms with Gasteiger partial charge >= 0.3 is 0 Å². The second-order valence-corrected chi connectivity index (χ2v) is 5.55. The van der Waals surface area contributed by atoms with Gasteiger partial charge in [0.25, 0.3) is 0 Å². The summed E-state index contributed by atoms with van der Waals surface area (Å²) in [5.41, 5.74) is 7.66. The molecule has 0 bridgehead atoms. The zero-order valence-corrected chi connectivity index (χ0v) is 12.6. The predicted molar refractivity (Wildman–Crippen MR) is 85.5 cm³/mol. The number of hydrogen-bond acceptors (Lipinski definition) is 2. The highest BCUT2D eigenvalue weighted by Crippen LogP contribution is 2.18. The van der Waals surface area contributed by atoms with E-state index in [9.17, 15) is 4.79 Å². The number of likely N-dealkylation sites (tertiary alicyclic amines) is 1. The lowest BCUT2D eigenvalue weighted by Gasteiger charge is -2.33. The van der Waals surface area contributed by atoms with E-state index in [1.807, 2.05) is 17.0 Å². The van der Waals surface area contributed by atoms with Gasteiger partial charge in [-0.3, -0.25) is 4.79 Å². The molecule has 3 N–H and O–H groups in total. The highest BCUT2D eigenvalue weighted by atomic mass is 32.1. The van der Waals surface area contributed by atoms with E-state index < -0.39 is 0 Å². The zero-order valence-electron chi connectivity index (χ0n) is 11.8. The first-order valence-corrected chi connectivity index (χ1v) is 7.45. The number of thiocarbonyl (C=S) groups is 1. The Balaban J connectivity index is 1.95. The first kappa shape index (κ1) is 14.8. The Morgan fingerprint density at radius 1 is 1.45 bits per heavy atom. The first-order chi connectivity index (χ1) is 9.60. The minimum Gasteiger partial charge on any atom is -0.369 e. The van der Waals surface area contributed by atoms with Crippen LogP contribution in [0.15, 0.2) is 24.3 Å². The molecule has 1 fully saturated rings. The van der Waals surface area contributed by atoms with Gasteiger partial charge < -0.3 is 16.0 Å². The van der Waals surface area contributed by atoms with Crippen LogP contribution in [-0.4, -0.2) is 29.0 Å². The summed E-state index contributed by atoms with van der Waals surface area (Å²) in [7, 11) is 0. The molecule has 0 aliphatic carbocycles. The molecule has 1 saturated heterocycles. The molecule has 0 unspecified atom stereocenters. The van der Waals surface area contributed by atoms with Crippen LogP contribution >= 0.6 is 12.2 Å². The van der Waals surface area contributed by atoms with Crippen molar-refractivity contribution in [1.82, 2.24) is 4.90 Å². The maximum atomic E-state index is 11.3. The van der Waals surface area contributed by atoms with Gasteiger partial charge in [0.1, 0.15) is 0 Å². The molecule has 1 heterocycles. The van der Waals surface area contributed by atoms with E-state index in [-0.39, 0.29) is 11.8 Å². The zero-order chi connectivity index (χ0) is 14.5. The molecule has 1 aromatic rings. The summed E-state index contributed by atoms with van der Waals surface area (Å²) in [4.78, 5) is 13.3. The third-order valence-corrected chi connectivity index (χ3v) is 4.08. The van der Waals surface area contributed by atoms with Crippen molar-refractivity contribution in [3.8, 4) is 0 Å². The Bertz CT molecular complexity index is 486. The number of nitrogens with two attached hydrogens (primary N) is 1. The number of hydrogen-bond donors (Lipinski definition) is 2. The third-order valence-electron chi connectivity index (χ3n) is 3.72. The van der Waals surface area contributed by atoms with Crippen LogP contribution in [0.5, 0.6) is 0 Å². The predicted octanol–water partition coefficient (Wildman–Crippen LogP) is 2.14. The van der Waals surface area contributed by atoms with E-state index >= 15 is 0 Å². The SMILES string of the molecule is CCc1ccc(NC(=S)N2CCC[C@H](C(N)=O)C2)cc1. The van der Waals surface area contributed by atoms with E-state index in [0.717, 1.165) is 31.5 Å². The number of piperidine rings is 1. The highest BCUT2D eigenvalue weighted by Gasteiger charge is 2.25. The van der Waals surface area contributed by atoms with Crippen molar-refractivity contribution in [3.63, 3.8) is 0 Å². The molecule has 0 aromatic heterocycles. The summed E-state index contributed by atoms with van der Waals surface area (Å²) in [5.74, 6) is -0.323. The Hall–Kier alpha value is -1.62.